The SMILES string of the molecule is Cn1c(Nc2cc(C3CC3)cn([C@H]3C[C@@H](O)C3)c2=O)nc2ncc(Oc3cnn4ccncc34)c(Cl)c21. The Morgan fingerprint density at radius 2 is 2.03 bits per heavy atom. The number of anilines is 2. The molecule has 0 saturated heterocycles. The molecule has 5 heterocycles. The Hall–Kier alpha value is -3.96. The first-order valence-corrected chi connectivity index (χ1v) is 12.5. The first-order valence-electron chi connectivity index (χ1n) is 12.1. The van der Waals surface area contributed by atoms with Crippen LogP contribution < -0.4 is 15.6 Å². The summed E-state index contributed by atoms with van der Waals surface area (Å²) in [6, 6.07) is 1.92. The summed E-state index contributed by atoms with van der Waals surface area (Å²) in [5.41, 5.74) is 3.10. The van der Waals surface area contributed by atoms with E-state index in [2.05, 4.69) is 25.4 Å². The molecule has 11 nitrogen and oxygen atoms in total. The average Bonchev–Trinajstić information content (AvgIpc) is 3.58. The van der Waals surface area contributed by atoms with Crippen LogP contribution in [0.15, 0.2) is 48.0 Å². The molecule has 0 spiro atoms. The molecule has 37 heavy (non-hydrogen) atoms. The van der Waals surface area contributed by atoms with Crippen LogP contribution in [0.4, 0.5) is 11.6 Å². The molecule has 7 rings (SSSR count). The van der Waals surface area contributed by atoms with Gasteiger partial charge in [0.25, 0.3) is 5.56 Å². The van der Waals surface area contributed by atoms with Crippen molar-refractivity contribution in [2.45, 2.75) is 43.7 Å². The molecule has 0 aromatic carbocycles. The van der Waals surface area contributed by atoms with Crippen LogP contribution in [0.1, 0.15) is 43.2 Å². The number of aromatic nitrogens is 7. The van der Waals surface area contributed by atoms with E-state index in [-0.39, 0.29) is 17.7 Å². The molecule has 5 aromatic rings. The van der Waals surface area contributed by atoms with Crippen molar-refractivity contribution >= 4 is 39.9 Å². The van der Waals surface area contributed by atoms with Crippen LogP contribution in [0.2, 0.25) is 5.02 Å². The van der Waals surface area contributed by atoms with Gasteiger partial charge in [0.15, 0.2) is 17.1 Å². The minimum Gasteiger partial charge on any atom is -0.450 e. The summed E-state index contributed by atoms with van der Waals surface area (Å²) in [4.78, 5) is 26.5. The highest BCUT2D eigenvalue weighted by molar-refractivity contribution is 6.36. The second-order valence-electron chi connectivity index (χ2n) is 9.70. The van der Waals surface area contributed by atoms with Gasteiger partial charge in [-0.25, -0.2) is 9.50 Å². The summed E-state index contributed by atoms with van der Waals surface area (Å²) in [5, 5.41) is 17.6. The zero-order chi connectivity index (χ0) is 25.3. The van der Waals surface area contributed by atoms with E-state index in [1.54, 1.807) is 45.5 Å². The van der Waals surface area contributed by atoms with Crippen molar-refractivity contribution in [3.8, 4) is 11.5 Å². The van der Waals surface area contributed by atoms with Gasteiger partial charge in [0.05, 0.1) is 24.7 Å². The average molecular weight is 519 g/mol. The maximum atomic E-state index is 13.3. The number of aliphatic hydroxyl groups excluding tert-OH is 1. The van der Waals surface area contributed by atoms with Crippen molar-refractivity contribution in [1.29, 1.82) is 0 Å². The summed E-state index contributed by atoms with van der Waals surface area (Å²) in [5.74, 6) is 1.75. The molecule has 188 valence electrons. The first kappa shape index (κ1) is 22.3. The van der Waals surface area contributed by atoms with E-state index >= 15 is 0 Å². The van der Waals surface area contributed by atoms with Crippen LogP contribution in [0.25, 0.3) is 16.7 Å². The van der Waals surface area contributed by atoms with E-state index in [0.29, 0.717) is 63.6 Å². The van der Waals surface area contributed by atoms with Crippen LogP contribution in [-0.2, 0) is 7.05 Å². The molecule has 2 saturated carbocycles. The number of imidazole rings is 1. The third-order valence-electron chi connectivity index (χ3n) is 7.16. The topological polar surface area (TPSA) is 124 Å². The summed E-state index contributed by atoms with van der Waals surface area (Å²) >= 11 is 6.76. The van der Waals surface area contributed by atoms with Crippen LogP contribution in [-0.4, -0.2) is 44.9 Å². The maximum Gasteiger partial charge on any atom is 0.274 e. The van der Waals surface area contributed by atoms with Gasteiger partial charge >= 0.3 is 0 Å². The highest BCUT2D eigenvalue weighted by Gasteiger charge is 2.32. The molecule has 2 aliphatic carbocycles. The van der Waals surface area contributed by atoms with Crippen LogP contribution in [0.3, 0.4) is 0 Å². The lowest BCUT2D eigenvalue weighted by molar-refractivity contribution is 0.0471. The lowest BCUT2D eigenvalue weighted by Crippen LogP contribution is -2.37. The number of pyridine rings is 2. The Kier molecular flexibility index (Phi) is 4.98. The number of halogens is 1. The number of nitrogens with zero attached hydrogens (tertiary/aromatic N) is 7. The van der Waals surface area contributed by atoms with E-state index < -0.39 is 0 Å². The van der Waals surface area contributed by atoms with Gasteiger partial charge in [-0.15, -0.1) is 0 Å². The summed E-state index contributed by atoms with van der Waals surface area (Å²) in [6.45, 7) is 0. The third kappa shape index (κ3) is 3.73. The molecule has 0 aliphatic heterocycles. The molecule has 2 aliphatic rings. The Morgan fingerprint density at radius 3 is 2.81 bits per heavy atom. The molecule has 12 heteroatoms. The van der Waals surface area contributed by atoms with Crippen molar-refractivity contribution in [3.05, 3.63) is 64.2 Å². The minimum atomic E-state index is -0.348. The van der Waals surface area contributed by atoms with E-state index in [4.69, 9.17) is 16.3 Å². The van der Waals surface area contributed by atoms with E-state index in [9.17, 15) is 9.90 Å². The zero-order valence-corrected chi connectivity index (χ0v) is 20.6. The number of hydrogen-bond acceptors (Lipinski definition) is 8. The lowest BCUT2D eigenvalue weighted by Gasteiger charge is -2.33. The smallest absolute Gasteiger partial charge is 0.274 e. The van der Waals surface area contributed by atoms with Crippen molar-refractivity contribution in [3.63, 3.8) is 0 Å². The summed E-state index contributed by atoms with van der Waals surface area (Å²) in [7, 11) is 1.81. The Labute approximate surface area is 215 Å². The van der Waals surface area contributed by atoms with Gasteiger partial charge in [-0.3, -0.25) is 9.78 Å². The number of rotatable bonds is 6. The second-order valence-corrected chi connectivity index (χ2v) is 10.1. The number of aliphatic hydroxyl groups is 1. The quantitative estimate of drug-likeness (QED) is 0.346. The molecule has 2 N–H and O–H groups in total. The molecule has 0 unspecified atom stereocenters. The van der Waals surface area contributed by atoms with Crippen molar-refractivity contribution < 1.29 is 9.84 Å². The number of aryl methyl sites for hydroxylation is 1. The van der Waals surface area contributed by atoms with Crippen LogP contribution in [0, 0.1) is 0 Å². The number of nitrogens with one attached hydrogen (secondary N) is 1. The Balaban J connectivity index is 1.25. The Bertz CT molecular complexity index is 1730. The van der Waals surface area contributed by atoms with Gasteiger partial charge in [0.2, 0.25) is 5.95 Å². The lowest BCUT2D eigenvalue weighted by atomic mass is 9.89. The van der Waals surface area contributed by atoms with Crippen LogP contribution >= 0.6 is 11.6 Å². The normalized spacial score (nSPS) is 19.3. The van der Waals surface area contributed by atoms with Crippen molar-refractivity contribution in [2.24, 2.45) is 7.05 Å². The molecule has 2 fully saturated rings. The first-order chi connectivity index (χ1) is 18.0. The van der Waals surface area contributed by atoms with Gasteiger partial charge in [-0.05, 0) is 43.2 Å². The second kappa shape index (κ2) is 8.29. The fraction of sp³-hybridized carbons (Fsp3) is 0.320. The van der Waals surface area contributed by atoms with E-state index in [1.165, 1.54) is 6.20 Å². The highest BCUT2D eigenvalue weighted by Crippen LogP contribution is 2.42. The predicted octanol–water partition coefficient (Wildman–Crippen LogP) is 3.94. The summed E-state index contributed by atoms with van der Waals surface area (Å²) < 4.78 is 11.2. The monoisotopic (exact) mass is 518 g/mol. The fourth-order valence-corrected chi connectivity index (χ4v) is 5.14. The highest BCUT2D eigenvalue weighted by atomic mass is 35.5. The predicted molar refractivity (Wildman–Crippen MR) is 137 cm³/mol. The minimum absolute atomic E-state index is 0.00753. The Morgan fingerprint density at radius 1 is 1.19 bits per heavy atom. The number of fused-ring (bicyclic) bond motifs is 2. The molecular formula is C25H23ClN8O3. The maximum absolute atomic E-state index is 13.3. The molecule has 0 amide bonds. The molecule has 0 atom stereocenters. The molecule has 5 aromatic heterocycles. The largest absolute Gasteiger partial charge is 0.450 e. The number of hydrogen-bond donors (Lipinski definition) is 2. The molecule has 0 radical (unpaired) electrons. The van der Waals surface area contributed by atoms with Crippen molar-refractivity contribution in [1.82, 2.24) is 33.7 Å². The zero-order valence-electron chi connectivity index (χ0n) is 19.9. The van der Waals surface area contributed by atoms with Crippen molar-refractivity contribution in [2.75, 3.05) is 5.32 Å². The van der Waals surface area contributed by atoms with Gasteiger partial charge in [0.1, 0.15) is 21.7 Å². The molecule has 0 bridgehead atoms. The van der Waals surface area contributed by atoms with Gasteiger partial charge in [-0.2, -0.15) is 10.1 Å². The van der Waals surface area contributed by atoms with Gasteiger partial charge in [0, 0.05) is 31.7 Å². The molecular weight excluding hydrogens is 496 g/mol. The van der Waals surface area contributed by atoms with E-state index in [0.717, 1.165) is 18.4 Å². The summed E-state index contributed by atoms with van der Waals surface area (Å²) in [6.07, 6.45) is 13.1. The third-order valence-corrected chi connectivity index (χ3v) is 7.52. The number of ether oxygens (including phenoxy) is 1. The van der Waals surface area contributed by atoms with Crippen LogP contribution in [0.5, 0.6) is 11.5 Å². The van der Waals surface area contributed by atoms with Gasteiger partial charge in [-0.1, -0.05) is 11.6 Å². The standard InChI is InChI=1S/C25H23ClN8O3/c1-32-22-21(26)20(37-19-11-29-34-5-4-27-9-18(19)34)10-28-23(22)31-25(32)30-17-6-14(13-2-3-13)12-33(24(17)36)15-7-16(35)8-15/h4-6,9-13,15-16,35H,2-3,7-8H2,1H3,(H,28,30,31)/t15-,16+. The van der Waals surface area contributed by atoms with Gasteiger partial charge < -0.3 is 24.3 Å². The van der Waals surface area contributed by atoms with E-state index in [1.807, 2.05) is 12.3 Å². The fourth-order valence-electron chi connectivity index (χ4n) is 4.84.